The Morgan fingerprint density at radius 1 is 1.20 bits per heavy atom. The predicted molar refractivity (Wildman–Crippen MR) is 97.4 cm³/mol. The zero-order valence-corrected chi connectivity index (χ0v) is 15.4. The number of fused-ring (bicyclic) bond motifs is 1. The van der Waals surface area contributed by atoms with Crippen LogP contribution in [0.3, 0.4) is 0 Å². The zero-order chi connectivity index (χ0) is 16.5. The Labute approximate surface area is 154 Å². The average Bonchev–Trinajstić information content (AvgIpc) is 3.03. The van der Waals surface area contributed by atoms with Crippen LogP contribution < -0.4 is 5.32 Å². The van der Waals surface area contributed by atoms with Crippen LogP contribution in [0, 0.1) is 12.7 Å². The van der Waals surface area contributed by atoms with Crippen LogP contribution in [0.25, 0.3) is 0 Å². The molecular formula is C18H25ClFN5. The number of nitrogens with zero attached hydrogens (tertiary/aromatic N) is 4. The Hall–Kier alpha value is -1.50. The highest BCUT2D eigenvalue weighted by atomic mass is 35.5. The van der Waals surface area contributed by atoms with E-state index in [1.807, 2.05) is 12.1 Å². The molecular weight excluding hydrogens is 341 g/mol. The summed E-state index contributed by atoms with van der Waals surface area (Å²) >= 11 is 0. The van der Waals surface area contributed by atoms with Crippen molar-refractivity contribution >= 4 is 12.4 Å². The van der Waals surface area contributed by atoms with Crippen LogP contribution >= 0.6 is 12.4 Å². The topological polar surface area (TPSA) is 46.0 Å². The minimum absolute atomic E-state index is 0. The molecule has 5 nitrogen and oxygen atoms in total. The SMILES string of the molecule is Cc1ccc(CN2CCC(c3nnc4n3CCNC4)CC2)cc1F.Cl. The first kappa shape index (κ1) is 18.3. The number of aryl methyl sites for hydroxylation is 1. The van der Waals surface area contributed by atoms with E-state index >= 15 is 0 Å². The Morgan fingerprint density at radius 3 is 2.76 bits per heavy atom. The summed E-state index contributed by atoms with van der Waals surface area (Å²) in [6.07, 6.45) is 2.19. The van der Waals surface area contributed by atoms with E-state index < -0.39 is 0 Å². The van der Waals surface area contributed by atoms with E-state index in [2.05, 4.69) is 25.0 Å². The lowest BCUT2D eigenvalue weighted by Gasteiger charge is -2.32. The number of piperidine rings is 1. The van der Waals surface area contributed by atoms with E-state index in [9.17, 15) is 4.39 Å². The zero-order valence-electron chi connectivity index (χ0n) is 14.5. The number of hydrogen-bond donors (Lipinski definition) is 1. The highest BCUT2D eigenvalue weighted by molar-refractivity contribution is 5.85. The predicted octanol–water partition coefficient (Wildman–Crippen LogP) is 2.63. The summed E-state index contributed by atoms with van der Waals surface area (Å²) in [7, 11) is 0. The second kappa shape index (κ2) is 7.81. The molecule has 25 heavy (non-hydrogen) atoms. The Bertz CT molecular complexity index is 724. The molecule has 2 aliphatic rings. The van der Waals surface area contributed by atoms with E-state index in [1.54, 1.807) is 13.0 Å². The van der Waals surface area contributed by atoms with E-state index in [-0.39, 0.29) is 18.2 Å². The lowest BCUT2D eigenvalue weighted by molar-refractivity contribution is 0.199. The van der Waals surface area contributed by atoms with Gasteiger partial charge in [0.2, 0.25) is 0 Å². The van der Waals surface area contributed by atoms with Crippen LogP contribution in [0.5, 0.6) is 0 Å². The summed E-state index contributed by atoms with van der Waals surface area (Å²) in [5, 5.41) is 12.1. The third kappa shape index (κ3) is 3.86. The van der Waals surface area contributed by atoms with Gasteiger partial charge in [-0.05, 0) is 50.0 Å². The first-order chi connectivity index (χ1) is 11.7. The molecule has 2 aliphatic heterocycles. The molecule has 0 bridgehead atoms. The van der Waals surface area contributed by atoms with Crippen LogP contribution in [0.15, 0.2) is 18.2 Å². The second-order valence-electron chi connectivity index (χ2n) is 6.94. The van der Waals surface area contributed by atoms with Gasteiger partial charge in [0.15, 0.2) is 0 Å². The van der Waals surface area contributed by atoms with Crippen molar-refractivity contribution in [1.82, 2.24) is 25.0 Å². The number of aromatic nitrogens is 3. The molecule has 3 heterocycles. The normalized spacial score (nSPS) is 18.6. The second-order valence-corrected chi connectivity index (χ2v) is 6.94. The lowest BCUT2D eigenvalue weighted by Crippen LogP contribution is -2.34. The Kier molecular flexibility index (Phi) is 5.71. The summed E-state index contributed by atoms with van der Waals surface area (Å²) in [5.41, 5.74) is 1.77. The van der Waals surface area contributed by atoms with Crippen molar-refractivity contribution in [3.05, 3.63) is 46.8 Å². The van der Waals surface area contributed by atoms with Gasteiger partial charge in [-0.3, -0.25) is 4.90 Å². The quantitative estimate of drug-likeness (QED) is 0.908. The number of benzene rings is 1. The molecule has 0 unspecified atom stereocenters. The highest BCUT2D eigenvalue weighted by Gasteiger charge is 2.27. The summed E-state index contributed by atoms with van der Waals surface area (Å²) < 4.78 is 16.0. The molecule has 2 aromatic rings. The first-order valence-corrected chi connectivity index (χ1v) is 8.81. The molecule has 0 spiro atoms. The van der Waals surface area contributed by atoms with Crippen molar-refractivity contribution in [1.29, 1.82) is 0 Å². The van der Waals surface area contributed by atoms with Gasteiger partial charge in [-0.25, -0.2) is 4.39 Å². The fraction of sp³-hybridized carbons (Fsp3) is 0.556. The van der Waals surface area contributed by atoms with Crippen LogP contribution in [-0.2, 0) is 19.6 Å². The smallest absolute Gasteiger partial charge is 0.147 e. The fourth-order valence-corrected chi connectivity index (χ4v) is 3.76. The van der Waals surface area contributed by atoms with Crippen LogP contribution in [0.4, 0.5) is 4.39 Å². The molecule has 0 atom stereocenters. The standard InChI is InChI=1S/C18H24FN5.ClH/c1-13-2-3-14(10-16(13)19)12-23-7-4-15(5-8-23)18-22-21-17-11-20-6-9-24(17)18;/h2-3,10,15,20H,4-9,11-12H2,1H3;1H. The van der Waals surface area contributed by atoms with Crippen molar-refractivity contribution in [3.8, 4) is 0 Å². The van der Waals surface area contributed by atoms with E-state index in [4.69, 9.17) is 0 Å². The molecule has 1 aromatic heterocycles. The highest BCUT2D eigenvalue weighted by Crippen LogP contribution is 2.28. The van der Waals surface area contributed by atoms with Crippen LogP contribution in [-0.4, -0.2) is 39.3 Å². The van der Waals surface area contributed by atoms with Crippen molar-refractivity contribution in [2.75, 3.05) is 19.6 Å². The Balaban J connectivity index is 0.00000182. The third-order valence-electron chi connectivity index (χ3n) is 5.25. The average molecular weight is 366 g/mol. The molecule has 1 saturated heterocycles. The van der Waals surface area contributed by atoms with Gasteiger partial charge in [0.25, 0.3) is 0 Å². The Morgan fingerprint density at radius 2 is 2.00 bits per heavy atom. The summed E-state index contributed by atoms with van der Waals surface area (Å²) in [4.78, 5) is 2.41. The van der Waals surface area contributed by atoms with Crippen molar-refractivity contribution in [2.24, 2.45) is 0 Å². The molecule has 0 amide bonds. The molecule has 4 rings (SSSR count). The minimum atomic E-state index is -0.105. The van der Waals surface area contributed by atoms with Crippen molar-refractivity contribution in [3.63, 3.8) is 0 Å². The largest absolute Gasteiger partial charge is 0.312 e. The molecule has 0 radical (unpaired) electrons. The molecule has 1 aromatic carbocycles. The van der Waals surface area contributed by atoms with Gasteiger partial charge in [0.1, 0.15) is 17.5 Å². The van der Waals surface area contributed by atoms with Crippen molar-refractivity contribution in [2.45, 2.75) is 45.3 Å². The molecule has 1 fully saturated rings. The lowest BCUT2D eigenvalue weighted by atomic mass is 9.95. The monoisotopic (exact) mass is 365 g/mol. The van der Waals surface area contributed by atoms with Crippen molar-refractivity contribution < 1.29 is 4.39 Å². The summed E-state index contributed by atoms with van der Waals surface area (Å²) in [6.45, 7) is 7.48. The summed E-state index contributed by atoms with van der Waals surface area (Å²) in [5.74, 6) is 2.61. The maximum atomic E-state index is 13.7. The minimum Gasteiger partial charge on any atom is -0.312 e. The first-order valence-electron chi connectivity index (χ1n) is 8.81. The number of hydrogen-bond acceptors (Lipinski definition) is 4. The molecule has 7 heteroatoms. The summed E-state index contributed by atoms with van der Waals surface area (Å²) in [6, 6.07) is 5.57. The molecule has 1 N–H and O–H groups in total. The number of rotatable bonds is 3. The van der Waals surface area contributed by atoms with Gasteiger partial charge in [-0.15, -0.1) is 22.6 Å². The van der Waals surface area contributed by atoms with Gasteiger partial charge in [-0.1, -0.05) is 12.1 Å². The van der Waals surface area contributed by atoms with Crippen LogP contribution in [0.1, 0.15) is 41.5 Å². The number of halogens is 2. The maximum Gasteiger partial charge on any atom is 0.147 e. The molecule has 0 saturated carbocycles. The van der Waals surface area contributed by atoms with Gasteiger partial charge in [0.05, 0.1) is 6.54 Å². The third-order valence-corrected chi connectivity index (χ3v) is 5.25. The van der Waals surface area contributed by atoms with E-state index in [0.29, 0.717) is 11.5 Å². The van der Waals surface area contributed by atoms with Gasteiger partial charge in [0, 0.05) is 25.6 Å². The molecule has 0 aliphatic carbocycles. The van der Waals surface area contributed by atoms with E-state index in [0.717, 1.165) is 69.3 Å². The molecule has 136 valence electrons. The van der Waals surface area contributed by atoms with Gasteiger partial charge in [-0.2, -0.15) is 0 Å². The van der Waals surface area contributed by atoms with Crippen LogP contribution in [0.2, 0.25) is 0 Å². The maximum absolute atomic E-state index is 13.7. The van der Waals surface area contributed by atoms with E-state index in [1.165, 1.54) is 0 Å². The number of likely N-dealkylation sites (tertiary alicyclic amines) is 1. The van der Waals surface area contributed by atoms with Gasteiger partial charge >= 0.3 is 0 Å². The fourth-order valence-electron chi connectivity index (χ4n) is 3.76. The van der Waals surface area contributed by atoms with Gasteiger partial charge < -0.3 is 9.88 Å². The number of nitrogens with one attached hydrogen (secondary N) is 1.